The molecule has 0 saturated heterocycles. The van der Waals surface area contributed by atoms with Crippen molar-refractivity contribution in [1.82, 2.24) is 0 Å². The van der Waals surface area contributed by atoms with E-state index in [-0.39, 0.29) is 18.9 Å². The minimum Gasteiger partial charge on any atom is -0.494 e. The molecular weight excluding hydrogens is 432 g/mol. The monoisotopic (exact) mass is 454 g/mol. The van der Waals surface area contributed by atoms with E-state index in [9.17, 15) is 9.59 Å². The van der Waals surface area contributed by atoms with Crippen LogP contribution in [0.25, 0.3) is 0 Å². The number of amides is 2. The van der Waals surface area contributed by atoms with Crippen molar-refractivity contribution >= 4 is 29.1 Å². The number of hydrogen-bond donors (Lipinski definition) is 2. The predicted molar refractivity (Wildman–Crippen MR) is 123 cm³/mol. The molecule has 0 fully saturated rings. The molecule has 0 bridgehead atoms. The van der Waals surface area contributed by atoms with Crippen molar-refractivity contribution in [1.29, 1.82) is 0 Å². The van der Waals surface area contributed by atoms with Crippen LogP contribution in [0, 0.1) is 0 Å². The zero-order valence-corrected chi connectivity index (χ0v) is 18.2. The third kappa shape index (κ3) is 6.92. The number of carbonyl (C=O) groups excluding carboxylic acids is 2. The van der Waals surface area contributed by atoms with Gasteiger partial charge in [0.2, 0.25) is 5.91 Å². The van der Waals surface area contributed by atoms with Crippen molar-refractivity contribution in [2.75, 3.05) is 18.5 Å². The smallest absolute Gasteiger partial charge is 0.262 e. The maximum Gasteiger partial charge on any atom is 0.262 e. The topological polar surface area (TPSA) is 99.9 Å². The molecule has 166 valence electrons. The highest BCUT2D eigenvalue weighted by atomic mass is 35.5. The molecule has 2 amide bonds. The fourth-order valence-corrected chi connectivity index (χ4v) is 3.00. The molecule has 0 saturated carbocycles. The van der Waals surface area contributed by atoms with Crippen LogP contribution in [-0.4, -0.2) is 25.0 Å². The molecule has 7 nitrogen and oxygen atoms in total. The number of rotatable bonds is 10. The largest absolute Gasteiger partial charge is 0.494 e. The number of hydrogen-bond acceptors (Lipinski definition) is 5. The standard InChI is InChI=1S/C24H23ClN2O5/c1-2-30-18-8-10-20(11-9-18)32-22-12-5-17(25)14-21(22)27-24(29)15-31-19-6-3-16(4-7-19)13-23(26)28/h3-12,14H,2,13,15H2,1H3,(H2,26,28)(H,27,29). The number of anilines is 1. The number of benzene rings is 3. The number of halogens is 1. The summed E-state index contributed by atoms with van der Waals surface area (Å²) in [6, 6.07) is 18.9. The highest BCUT2D eigenvalue weighted by molar-refractivity contribution is 6.31. The Balaban J connectivity index is 1.61. The minimum atomic E-state index is -0.414. The van der Waals surface area contributed by atoms with Gasteiger partial charge in [0.1, 0.15) is 17.2 Å². The van der Waals surface area contributed by atoms with Crippen molar-refractivity contribution in [3.05, 3.63) is 77.3 Å². The highest BCUT2D eigenvalue weighted by Gasteiger charge is 2.11. The van der Waals surface area contributed by atoms with E-state index in [1.165, 1.54) is 0 Å². The predicted octanol–water partition coefficient (Wildman–Crippen LogP) is 4.58. The summed E-state index contributed by atoms with van der Waals surface area (Å²) in [6.07, 6.45) is 0.146. The van der Waals surface area contributed by atoms with Gasteiger partial charge in [0.15, 0.2) is 12.4 Å². The lowest BCUT2D eigenvalue weighted by molar-refractivity contribution is -0.118. The van der Waals surface area contributed by atoms with Gasteiger partial charge in [0, 0.05) is 5.02 Å². The van der Waals surface area contributed by atoms with Crippen LogP contribution >= 0.6 is 11.6 Å². The number of nitrogens with one attached hydrogen (secondary N) is 1. The quantitative estimate of drug-likeness (QED) is 0.467. The van der Waals surface area contributed by atoms with Crippen LogP contribution in [0.1, 0.15) is 12.5 Å². The molecule has 3 N–H and O–H groups in total. The van der Waals surface area contributed by atoms with Gasteiger partial charge in [0.25, 0.3) is 5.91 Å². The maximum atomic E-state index is 12.4. The lowest BCUT2D eigenvalue weighted by atomic mass is 10.1. The van der Waals surface area contributed by atoms with Crippen molar-refractivity contribution in [2.24, 2.45) is 5.73 Å². The zero-order valence-electron chi connectivity index (χ0n) is 17.5. The fraction of sp³-hybridized carbons (Fsp3) is 0.167. The van der Waals surface area contributed by atoms with Gasteiger partial charge in [0.05, 0.1) is 18.7 Å². The van der Waals surface area contributed by atoms with Gasteiger partial charge in [-0.3, -0.25) is 9.59 Å². The zero-order chi connectivity index (χ0) is 22.9. The Morgan fingerprint density at radius 1 is 0.906 bits per heavy atom. The Labute approximate surface area is 191 Å². The Kier molecular flexibility index (Phi) is 7.94. The Morgan fingerprint density at radius 3 is 2.19 bits per heavy atom. The summed E-state index contributed by atoms with van der Waals surface area (Å²) in [6.45, 7) is 2.27. The molecule has 0 unspecified atom stereocenters. The van der Waals surface area contributed by atoms with E-state index in [1.54, 1.807) is 66.7 Å². The van der Waals surface area contributed by atoms with Crippen molar-refractivity contribution in [3.8, 4) is 23.0 Å². The van der Waals surface area contributed by atoms with Gasteiger partial charge in [-0.2, -0.15) is 0 Å². The average Bonchev–Trinajstić information content (AvgIpc) is 2.76. The molecule has 3 aromatic carbocycles. The average molecular weight is 455 g/mol. The van der Waals surface area contributed by atoms with E-state index in [2.05, 4.69) is 5.32 Å². The lowest BCUT2D eigenvalue weighted by Gasteiger charge is -2.14. The molecule has 0 radical (unpaired) electrons. The van der Waals surface area contributed by atoms with Crippen LogP contribution in [0.15, 0.2) is 66.7 Å². The van der Waals surface area contributed by atoms with Gasteiger partial charge in [-0.15, -0.1) is 0 Å². The molecule has 0 aliphatic heterocycles. The van der Waals surface area contributed by atoms with Crippen LogP contribution in [0.5, 0.6) is 23.0 Å². The molecule has 0 heterocycles. The van der Waals surface area contributed by atoms with E-state index < -0.39 is 5.91 Å². The number of carbonyl (C=O) groups is 2. The second-order valence-electron chi connectivity index (χ2n) is 6.77. The van der Waals surface area contributed by atoms with E-state index in [0.29, 0.717) is 34.6 Å². The Bertz CT molecular complexity index is 1070. The molecule has 0 aliphatic rings. The van der Waals surface area contributed by atoms with Crippen molar-refractivity contribution in [2.45, 2.75) is 13.3 Å². The van der Waals surface area contributed by atoms with Crippen molar-refractivity contribution in [3.63, 3.8) is 0 Å². The van der Waals surface area contributed by atoms with Gasteiger partial charge in [-0.05, 0) is 67.1 Å². The summed E-state index contributed by atoms with van der Waals surface area (Å²) in [5.74, 6) is 1.45. The first-order valence-corrected chi connectivity index (χ1v) is 10.3. The Morgan fingerprint density at radius 2 is 1.53 bits per heavy atom. The summed E-state index contributed by atoms with van der Waals surface area (Å²) in [4.78, 5) is 23.4. The summed E-state index contributed by atoms with van der Waals surface area (Å²) in [5, 5.41) is 3.20. The first-order chi connectivity index (χ1) is 15.4. The number of primary amides is 1. The van der Waals surface area contributed by atoms with E-state index >= 15 is 0 Å². The molecule has 0 atom stereocenters. The second kappa shape index (κ2) is 11.1. The van der Waals surface area contributed by atoms with Crippen LogP contribution in [0.4, 0.5) is 5.69 Å². The van der Waals surface area contributed by atoms with Crippen LogP contribution < -0.4 is 25.3 Å². The van der Waals surface area contributed by atoms with Crippen LogP contribution in [0.3, 0.4) is 0 Å². The molecule has 3 aromatic rings. The van der Waals surface area contributed by atoms with E-state index in [4.69, 9.17) is 31.5 Å². The Hall–Kier alpha value is -3.71. The molecule has 0 spiro atoms. The van der Waals surface area contributed by atoms with Crippen LogP contribution in [-0.2, 0) is 16.0 Å². The summed E-state index contributed by atoms with van der Waals surface area (Å²) < 4.78 is 16.8. The first-order valence-electron chi connectivity index (χ1n) is 9.93. The van der Waals surface area contributed by atoms with Gasteiger partial charge >= 0.3 is 0 Å². The molecule has 32 heavy (non-hydrogen) atoms. The number of nitrogens with two attached hydrogens (primary N) is 1. The van der Waals surface area contributed by atoms with E-state index in [0.717, 1.165) is 11.3 Å². The third-order valence-corrected chi connectivity index (χ3v) is 4.48. The molecular formula is C24H23ClN2O5. The minimum absolute atomic E-state index is 0.146. The highest BCUT2D eigenvalue weighted by Crippen LogP contribution is 2.32. The lowest BCUT2D eigenvalue weighted by Crippen LogP contribution is -2.20. The normalized spacial score (nSPS) is 10.3. The summed E-state index contributed by atoms with van der Waals surface area (Å²) in [5.41, 5.74) is 6.36. The SMILES string of the molecule is CCOc1ccc(Oc2ccc(Cl)cc2NC(=O)COc2ccc(CC(N)=O)cc2)cc1. The molecule has 0 aromatic heterocycles. The molecule has 3 rings (SSSR count). The third-order valence-electron chi connectivity index (χ3n) is 4.25. The molecule has 0 aliphatic carbocycles. The van der Waals surface area contributed by atoms with Crippen LogP contribution in [0.2, 0.25) is 5.02 Å². The van der Waals surface area contributed by atoms with Gasteiger partial charge in [-0.1, -0.05) is 23.7 Å². The number of ether oxygens (including phenoxy) is 3. The van der Waals surface area contributed by atoms with Gasteiger partial charge in [-0.25, -0.2) is 0 Å². The van der Waals surface area contributed by atoms with Crippen molar-refractivity contribution < 1.29 is 23.8 Å². The molecule has 8 heteroatoms. The summed E-state index contributed by atoms with van der Waals surface area (Å²) in [7, 11) is 0. The van der Waals surface area contributed by atoms with Gasteiger partial charge < -0.3 is 25.3 Å². The maximum absolute atomic E-state index is 12.4. The first kappa shape index (κ1) is 23.0. The summed E-state index contributed by atoms with van der Waals surface area (Å²) >= 11 is 6.10. The van der Waals surface area contributed by atoms with E-state index in [1.807, 2.05) is 6.92 Å². The fourth-order valence-electron chi connectivity index (χ4n) is 2.83. The second-order valence-corrected chi connectivity index (χ2v) is 7.21.